The normalized spacial score (nSPS) is 14.7. The van der Waals surface area contributed by atoms with Crippen LogP contribution < -0.4 is 20.7 Å². The fourth-order valence-electron chi connectivity index (χ4n) is 5.52. The summed E-state index contributed by atoms with van der Waals surface area (Å²) in [7, 11) is -0.943. The summed E-state index contributed by atoms with van der Waals surface area (Å²) in [5.41, 5.74) is 2.17. The van der Waals surface area contributed by atoms with E-state index in [0.29, 0.717) is 0 Å². The number of anilines is 2. The predicted molar refractivity (Wildman–Crippen MR) is 148 cm³/mol. The predicted octanol–water partition coefficient (Wildman–Crippen LogP) is 8.94. The van der Waals surface area contributed by atoms with Crippen molar-refractivity contribution in [3.8, 4) is 11.5 Å². The molecular formula is C28H43NOP2. The molecule has 0 amide bonds. The van der Waals surface area contributed by atoms with E-state index in [1.165, 1.54) is 10.6 Å². The van der Waals surface area contributed by atoms with Crippen LogP contribution in [0.5, 0.6) is 11.5 Å². The summed E-state index contributed by atoms with van der Waals surface area (Å²) < 4.78 is 6.95. The van der Waals surface area contributed by atoms with Gasteiger partial charge in [-0.25, -0.2) is 0 Å². The molecule has 32 heavy (non-hydrogen) atoms. The highest BCUT2D eigenvalue weighted by Crippen LogP contribution is 2.63. The molecule has 0 aliphatic carbocycles. The first-order chi connectivity index (χ1) is 14.4. The Labute approximate surface area is 199 Å². The molecule has 0 aromatic heterocycles. The molecule has 1 aliphatic rings. The van der Waals surface area contributed by atoms with Crippen molar-refractivity contribution in [1.82, 2.24) is 0 Å². The van der Waals surface area contributed by atoms with Gasteiger partial charge in [0.2, 0.25) is 0 Å². The first kappa shape index (κ1) is 25.5. The summed E-state index contributed by atoms with van der Waals surface area (Å²) in [4.78, 5) is 0. The molecule has 2 aromatic carbocycles. The lowest BCUT2D eigenvalue weighted by atomic mass is 10.2. The van der Waals surface area contributed by atoms with Gasteiger partial charge < -0.3 is 10.1 Å². The number of hydrogen-bond acceptors (Lipinski definition) is 2. The van der Waals surface area contributed by atoms with Crippen LogP contribution in [0, 0.1) is 0 Å². The second-order valence-electron chi connectivity index (χ2n) is 12.9. The van der Waals surface area contributed by atoms with E-state index in [0.717, 1.165) is 22.9 Å². The van der Waals surface area contributed by atoms with E-state index in [9.17, 15) is 0 Å². The van der Waals surface area contributed by atoms with E-state index >= 15 is 0 Å². The van der Waals surface area contributed by atoms with Crippen LogP contribution in [-0.4, -0.2) is 20.6 Å². The molecule has 0 atom stereocenters. The molecule has 0 radical (unpaired) electrons. The Bertz CT molecular complexity index is 877. The van der Waals surface area contributed by atoms with Crippen molar-refractivity contribution in [3.05, 3.63) is 36.4 Å². The Kier molecular flexibility index (Phi) is 6.61. The Morgan fingerprint density at radius 2 is 0.844 bits per heavy atom. The molecule has 4 heteroatoms. The maximum Gasteiger partial charge on any atom is 0.158 e. The van der Waals surface area contributed by atoms with Gasteiger partial charge in [-0.3, -0.25) is 0 Å². The Balaban J connectivity index is 2.21. The van der Waals surface area contributed by atoms with Crippen LogP contribution in [0.2, 0.25) is 0 Å². The minimum atomic E-state index is -0.472. The van der Waals surface area contributed by atoms with E-state index in [4.69, 9.17) is 4.74 Å². The Morgan fingerprint density at radius 3 is 1.12 bits per heavy atom. The lowest BCUT2D eigenvalue weighted by Gasteiger charge is -2.44. The minimum absolute atomic E-state index is 0.176. The van der Waals surface area contributed by atoms with Gasteiger partial charge in [0.15, 0.2) is 11.5 Å². The molecule has 0 fully saturated rings. The zero-order chi connectivity index (χ0) is 24.3. The summed E-state index contributed by atoms with van der Waals surface area (Å²) in [6.07, 6.45) is 0. The second-order valence-corrected chi connectivity index (χ2v) is 20.6. The van der Waals surface area contributed by atoms with Crippen molar-refractivity contribution >= 4 is 37.8 Å². The topological polar surface area (TPSA) is 21.3 Å². The smallest absolute Gasteiger partial charge is 0.158 e. The number of fused-ring (bicyclic) bond motifs is 2. The number of rotatable bonds is 2. The first-order valence-corrected chi connectivity index (χ1v) is 14.4. The van der Waals surface area contributed by atoms with Crippen LogP contribution in [0.15, 0.2) is 36.4 Å². The van der Waals surface area contributed by atoms with Crippen molar-refractivity contribution in [2.24, 2.45) is 0 Å². The lowest BCUT2D eigenvalue weighted by molar-refractivity contribution is 0.488. The third-order valence-corrected chi connectivity index (χ3v) is 12.7. The number of para-hydroxylation sites is 2. The van der Waals surface area contributed by atoms with Crippen LogP contribution in [-0.2, 0) is 0 Å². The number of ether oxygens (including phenoxy) is 1. The molecule has 1 heterocycles. The van der Waals surface area contributed by atoms with Crippen molar-refractivity contribution in [2.45, 2.75) is 104 Å². The molecule has 176 valence electrons. The fraction of sp³-hybridized carbons (Fsp3) is 0.571. The number of hydrogen-bond donors (Lipinski definition) is 1. The summed E-state index contributed by atoms with van der Waals surface area (Å²) in [6, 6.07) is 13.3. The molecule has 1 aliphatic heterocycles. The summed E-state index contributed by atoms with van der Waals surface area (Å²) in [6.45, 7) is 28.5. The van der Waals surface area contributed by atoms with E-state index in [-0.39, 0.29) is 20.6 Å². The van der Waals surface area contributed by atoms with Gasteiger partial charge in [0.1, 0.15) is 0 Å². The average molecular weight is 472 g/mol. The summed E-state index contributed by atoms with van der Waals surface area (Å²) in [5, 5.41) is 7.16. The van der Waals surface area contributed by atoms with Crippen LogP contribution in [0.25, 0.3) is 0 Å². The van der Waals surface area contributed by atoms with Gasteiger partial charge in [-0.1, -0.05) is 123 Å². The molecule has 2 nitrogen and oxygen atoms in total. The Morgan fingerprint density at radius 1 is 0.531 bits per heavy atom. The summed E-state index contributed by atoms with van der Waals surface area (Å²) in [5.74, 6) is 2.06. The summed E-state index contributed by atoms with van der Waals surface area (Å²) >= 11 is 0. The van der Waals surface area contributed by atoms with Gasteiger partial charge in [-0.05, 0) is 32.8 Å². The third kappa shape index (κ3) is 5.03. The van der Waals surface area contributed by atoms with Gasteiger partial charge in [-0.2, -0.15) is 0 Å². The van der Waals surface area contributed by atoms with E-state index in [1.54, 1.807) is 0 Å². The van der Waals surface area contributed by atoms with E-state index < -0.39 is 15.8 Å². The molecule has 0 unspecified atom stereocenters. The average Bonchev–Trinajstić information content (AvgIpc) is 2.56. The lowest BCUT2D eigenvalue weighted by Crippen LogP contribution is -2.33. The Hall–Kier alpha value is -1.10. The standard InChI is InChI=1S/C28H43NOP2/c1-25(2,3)31(26(4,5)6)21-17-13-15-19-23(21)30-24-20(29-19)16-14-18-22(24)32(27(7,8)9)28(10,11)12/h13-18,29H,1-12H3. The molecular weight excluding hydrogens is 428 g/mol. The maximum absolute atomic E-state index is 6.95. The maximum atomic E-state index is 6.95. The van der Waals surface area contributed by atoms with Crippen molar-refractivity contribution in [2.75, 3.05) is 5.32 Å². The molecule has 0 saturated heterocycles. The van der Waals surface area contributed by atoms with Gasteiger partial charge in [-0.15, -0.1) is 0 Å². The number of benzene rings is 2. The quantitative estimate of drug-likeness (QED) is 0.377. The van der Waals surface area contributed by atoms with Gasteiger partial charge in [0.05, 0.1) is 11.4 Å². The van der Waals surface area contributed by atoms with Crippen LogP contribution in [0.3, 0.4) is 0 Å². The zero-order valence-corrected chi connectivity index (χ0v) is 24.1. The largest absolute Gasteiger partial charge is 0.452 e. The molecule has 0 saturated carbocycles. The second kappa shape index (κ2) is 8.29. The molecule has 0 bridgehead atoms. The van der Waals surface area contributed by atoms with Crippen molar-refractivity contribution in [1.29, 1.82) is 0 Å². The zero-order valence-electron chi connectivity index (χ0n) is 22.3. The van der Waals surface area contributed by atoms with Crippen LogP contribution >= 0.6 is 15.8 Å². The molecule has 2 aromatic rings. The number of nitrogens with one attached hydrogen (secondary N) is 1. The highest BCUT2D eigenvalue weighted by Gasteiger charge is 2.41. The van der Waals surface area contributed by atoms with E-state index in [1.807, 2.05) is 0 Å². The third-order valence-electron chi connectivity index (χ3n) is 5.63. The van der Waals surface area contributed by atoms with Crippen LogP contribution in [0.1, 0.15) is 83.1 Å². The van der Waals surface area contributed by atoms with Gasteiger partial charge in [0, 0.05) is 10.6 Å². The van der Waals surface area contributed by atoms with Gasteiger partial charge >= 0.3 is 0 Å². The van der Waals surface area contributed by atoms with Crippen LogP contribution in [0.4, 0.5) is 11.4 Å². The van der Waals surface area contributed by atoms with Gasteiger partial charge in [0.25, 0.3) is 0 Å². The first-order valence-electron chi connectivity index (χ1n) is 11.7. The van der Waals surface area contributed by atoms with E-state index in [2.05, 4.69) is 125 Å². The monoisotopic (exact) mass is 471 g/mol. The van der Waals surface area contributed by atoms with Crippen molar-refractivity contribution in [3.63, 3.8) is 0 Å². The molecule has 0 spiro atoms. The molecule has 3 rings (SSSR count). The SMILES string of the molecule is CC(C)(C)P(c1cccc2c1Oc1c(cccc1P(C(C)(C)C)C(C)(C)C)N2)C(C)(C)C. The molecule has 1 N–H and O–H groups in total. The van der Waals surface area contributed by atoms with Crippen molar-refractivity contribution < 1.29 is 4.74 Å². The highest BCUT2D eigenvalue weighted by atomic mass is 31.1. The fourth-order valence-corrected chi connectivity index (χ4v) is 13.6. The highest BCUT2D eigenvalue weighted by molar-refractivity contribution is 7.69. The minimum Gasteiger partial charge on any atom is -0.452 e.